The number of primary amides is 1. The number of rotatable bonds is 2. The normalized spacial score (nSPS) is 10.6. The molecular weight excluding hydrogens is 254 g/mol. The molecule has 1 aromatic heterocycles. The SMILES string of the molecule is NC(=O)c1ccc(-c2n[nH]c(=O)c3ccccc23)cc1. The van der Waals surface area contributed by atoms with Crippen molar-refractivity contribution in [3.8, 4) is 11.3 Å². The van der Waals surface area contributed by atoms with Crippen LogP contribution in [0.1, 0.15) is 10.4 Å². The monoisotopic (exact) mass is 265 g/mol. The number of hydrogen-bond donors (Lipinski definition) is 2. The van der Waals surface area contributed by atoms with Crippen LogP contribution in [-0.2, 0) is 0 Å². The van der Waals surface area contributed by atoms with E-state index in [0.717, 1.165) is 10.9 Å². The first-order valence-corrected chi connectivity index (χ1v) is 6.04. The summed E-state index contributed by atoms with van der Waals surface area (Å²) in [6.07, 6.45) is 0. The summed E-state index contributed by atoms with van der Waals surface area (Å²) in [7, 11) is 0. The molecule has 3 aromatic rings. The van der Waals surface area contributed by atoms with E-state index in [4.69, 9.17) is 5.73 Å². The molecule has 0 bridgehead atoms. The van der Waals surface area contributed by atoms with Crippen molar-refractivity contribution in [3.05, 3.63) is 64.4 Å². The van der Waals surface area contributed by atoms with E-state index in [1.54, 1.807) is 36.4 Å². The summed E-state index contributed by atoms with van der Waals surface area (Å²) in [6, 6.07) is 14.0. The molecule has 0 unspecified atom stereocenters. The number of H-pyrrole nitrogens is 1. The number of fused-ring (bicyclic) bond motifs is 1. The molecule has 98 valence electrons. The van der Waals surface area contributed by atoms with Gasteiger partial charge in [-0.2, -0.15) is 5.10 Å². The Hall–Kier alpha value is -2.95. The summed E-state index contributed by atoms with van der Waals surface area (Å²) in [5.74, 6) is -0.476. The van der Waals surface area contributed by atoms with Crippen molar-refractivity contribution in [2.24, 2.45) is 5.73 Å². The van der Waals surface area contributed by atoms with Crippen molar-refractivity contribution < 1.29 is 4.79 Å². The highest BCUT2D eigenvalue weighted by Crippen LogP contribution is 2.24. The fourth-order valence-electron chi connectivity index (χ4n) is 2.13. The number of benzene rings is 2. The van der Waals surface area contributed by atoms with Gasteiger partial charge in [0, 0.05) is 16.5 Å². The van der Waals surface area contributed by atoms with Gasteiger partial charge in [-0.25, -0.2) is 5.10 Å². The van der Waals surface area contributed by atoms with Gasteiger partial charge in [-0.05, 0) is 18.2 Å². The smallest absolute Gasteiger partial charge is 0.272 e. The fourth-order valence-corrected chi connectivity index (χ4v) is 2.13. The van der Waals surface area contributed by atoms with E-state index in [2.05, 4.69) is 10.2 Å². The lowest BCUT2D eigenvalue weighted by Gasteiger charge is -2.05. The Balaban J connectivity index is 2.22. The van der Waals surface area contributed by atoms with E-state index in [9.17, 15) is 9.59 Å². The Labute approximate surface area is 114 Å². The number of nitrogens with one attached hydrogen (secondary N) is 1. The lowest BCUT2D eigenvalue weighted by atomic mass is 10.0. The zero-order valence-electron chi connectivity index (χ0n) is 10.5. The Morgan fingerprint density at radius 1 is 1.00 bits per heavy atom. The average Bonchev–Trinajstić information content (AvgIpc) is 2.48. The predicted molar refractivity (Wildman–Crippen MR) is 76.3 cm³/mol. The number of amides is 1. The van der Waals surface area contributed by atoms with Crippen LogP contribution in [0.4, 0.5) is 0 Å². The Morgan fingerprint density at radius 3 is 2.30 bits per heavy atom. The van der Waals surface area contributed by atoms with Crippen LogP contribution in [0.15, 0.2) is 53.3 Å². The highest BCUT2D eigenvalue weighted by atomic mass is 16.1. The standard InChI is InChI=1S/C15H11N3O2/c16-14(19)10-7-5-9(6-8-10)13-11-3-1-2-4-12(11)15(20)18-17-13/h1-8H,(H2,16,19)(H,18,20). The molecule has 3 rings (SSSR count). The summed E-state index contributed by atoms with van der Waals surface area (Å²) >= 11 is 0. The second kappa shape index (κ2) is 4.62. The van der Waals surface area contributed by atoms with Crippen LogP contribution >= 0.6 is 0 Å². The van der Waals surface area contributed by atoms with Crippen LogP contribution in [0.2, 0.25) is 0 Å². The molecule has 1 amide bonds. The number of carbonyl (C=O) groups is 1. The van der Waals surface area contributed by atoms with Crippen LogP contribution < -0.4 is 11.3 Å². The first kappa shape index (κ1) is 12.1. The van der Waals surface area contributed by atoms with Gasteiger partial charge in [0.05, 0.1) is 11.1 Å². The molecule has 0 radical (unpaired) electrons. The minimum Gasteiger partial charge on any atom is -0.366 e. The van der Waals surface area contributed by atoms with Crippen LogP contribution in [0.5, 0.6) is 0 Å². The van der Waals surface area contributed by atoms with Crippen molar-refractivity contribution in [3.63, 3.8) is 0 Å². The number of carbonyl (C=O) groups excluding carboxylic acids is 1. The third-order valence-electron chi connectivity index (χ3n) is 3.14. The van der Waals surface area contributed by atoms with Gasteiger partial charge in [0.1, 0.15) is 0 Å². The van der Waals surface area contributed by atoms with Gasteiger partial charge in [0.15, 0.2) is 0 Å². The third-order valence-corrected chi connectivity index (χ3v) is 3.14. The molecule has 5 heteroatoms. The van der Waals surface area contributed by atoms with Crippen LogP contribution in [-0.4, -0.2) is 16.1 Å². The minimum absolute atomic E-state index is 0.224. The fraction of sp³-hybridized carbons (Fsp3) is 0. The van der Waals surface area contributed by atoms with Crippen molar-refractivity contribution in [1.82, 2.24) is 10.2 Å². The first-order chi connectivity index (χ1) is 9.66. The molecule has 0 fully saturated rings. The molecule has 0 saturated carbocycles. The summed E-state index contributed by atoms with van der Waals surface area (Å²) < 4.78 is 0. The first-order valence-electron chi connectivity index (χ1n) is 6.04. The lowest BCUT2D eigenvalue weighted by Crippen LogP contribution is -2.11. The largest absolute Gasteiger partial charge is 0.366 e. The van der Waals surface area contributed by atoms with Crippen molar-refractivity contribution >= 4 is 16.7 Å². The van der Waals surface area contributed by atoms with Gasteiger partial charge in [0.2, 0.25) is 5.91 Å². The molecule has 0 atom stereocenters. The molecule has 0 aliphatic rings. The van der Waals surface area contributed by atoms with Crippen LogP contribution in [0.25, 0.3) is 22.0 Å². The Kier molecular flexibility index (Phi) is 2.80. The number of aromatic amines is 1. The summed E-state index contributed by atoms with van der Waals surface area (Å²) in [5, 5.41) is 7.93. The average molecular weight is 265 g/mol. The van der Waals surface area contributed by atoms with Crippen LogP contribution in [0.3, 0.4) is 0 Å². The van der Waals surface area contributed by atoms with Gasteiger partial charge in [-0.1, -0.05) is 30.3 Å². The van der Waals surface area contributed by atoms with E-state index in [1.807, 2.05) is 12.1 Å². The molecule has 0 aliphatic heterocycles. The maximum Gasteiger partial charge on any atom is 0.272 e. The molecule has 1 heterocycles. The molecule has 2 aromatic carbocycles. The highest BCUT2D eigenvalue weighted by Gasteiger charge is 2.08. The van der Waals surface area contributed by atoms with Gasteiger partial charge in [0.25, 0.3) is 5.56 Å². The number of aromatic nitrogens is 2. The van der Waals surface area contributed by atoms with Crippen molar-refractivity contribution in [2.75, 3.05) is 0 Å². The zero-order valence-corrected chi connectivity index (χ0v) is 10.5. The van der Waals surface area contributed by atoms with Gasteiger partial charge in [-0.15, -0.1) is 0 Å². The highest BCUT2D eigenvalue weighted by molar-refractivity contribution is 5.96. The second-order valence-electron chi connectivity index (χ2n) is 4.39. The molecule has 0 saturated heterocycles. The quantitative estimate of drug-likeness (QED) is 0.739. The van der Waals surface area contributed by atoms with E-state index in [0.29, 0.717) is 16.6 Å². The Bertz CT molecular complexity index is 851. The van der Waals surface area contributed by atoms with Crippen LogP contribution in [0, 0.1) is 0 Å². The van der Waals surface area contributed by atoms with E-state index in [1.165, 1.54) is 0 Å². The topological polar surface area (TPSA) is 88.8 Å². The van der Waals surface area contributed by atoms with Crippen molar-refractivity contribution in [2.45, 2.75) is 0 Å². The maximum absolute atomic E-state index is 11.7. The lowest BCUT2D eigenvalue weighted by molar-refractivity contribution is 0.100. The summed E-state index contributed by atoms with van der Waals surface area (Å²) in [6.45, 7) is 0. The summed E-state index contributed by atoms with van der Waals surface area (Å²) in [4.78, 5) is 22.8. The zero-order chi connectivity index (χ0) is 14.1. The second-order valence-corrected chi connectivity index (χ2v) is 4.39. The Morgan fingerprint density at radius 2 is 1.65 bits per heavy atom. The number of nitrogens with zero attached hydrogens (tertiary/aromatic N) is 1. The molecule has 3 N–H and O–H groups in total. The van der Waals surface area contributed by atoms with E-state index < -0.39 is 5.91 Å². The van der Waals surface area contributed by atoms with Gasteiger partial charge >= 0.3 is 0 Å². The van der Waals surface area contributed by atoms with Gasteiger partial charge in [-0.3, -0.25) is 9.59 Å². The number of nitrogens with two attached hydrogens (primary N) is 1. The summed E-state index contributed by atoms with van der Waals surface area (Å²) in [5.41, 5.74) is 6.89. The molecule has 5 nitrogen and oxygen atoms in total. The molecule has 20 heavy (non-hydrogen) atoms. The van der Waals surface area contributed by atoms with Crippen molar-refractivity contribution in [1.29, 1.82) is 0 Å². The number of hydrogen-bond acceptors (Lipinski definition) is 3. The molecule has 0 spiro atoms. The van der Waals surface area contributed by atoms with Gasteiger partial charge < -0.3 is 5.73 Å². The van der Waals surface area contributed by atoms with E-state index in [-0.39, 0.29) is 5.56 Å². The third kappa shape index (κ3) is 1.95. The molecule has 0 aliphatic carbocycles. The van der Waals surface area contributed by atoms with E-state index >= 15 is 0 Å². The maximum atomic E-state index is 11.7. The molecular formula is C15H11N3O2. The predicted octanol–water partition coefficient (Wildman–Crippen LogP) is 1.69. The minimum atomic E-state index is -0.476.